The molecule has 2 saturated heterocycles. The van der Waals surface area contributed by atoms with Gasteiger partial charge in [0, 0.05) is 31.1 Å². The number of hydrogen-bond acceptors (Lipinski definition) is 6. The van der Waals surface area contributed by atoms with E-state index in [4.69, 9.17) is 21.1 Å². The number of anilines is 1. The lowest BCUT2D eigenvalue weighted by Crippen LogP contribution is -2.47. The number of alkyl halides is 1. The zero-order valence-electron chi connectivity index (χ0n) is 17.3. The number of carbonyl (C=O) groups excluding carboxylic acids is 1. The molecule has 5 rings (SSSR count). The summed E-state index contributed by atoms with van der Waals surface area (Å²) in [6.45, 7) is 2.07. The maximum atomic E-state index is 15.5. The Morgan fingerprint density at radius 2 is 2.00 bits per heavy atom. The predicted molar refractivity (Wildman–Crippen MR) is 114 cm³/mol. The lowest BCUT2D eigenvalue weighted by Gasteiger charge is -2.41. The third-order valence-electron chi connectivity index (χ3n) is 6.73. The lowest BCUT2D eigenvalue weighted by molar-refractivity contribution is -0.147. The molecule has 1 aromatic heterocycles. The largest absolute Gasteiger partial charge is 0.487 e. The molecule has 3 aliphatic heterocycles. The summed E-state index contributed by atoms with van der Waals surface area (Å²) in [6.07, 6.45) is 3.79. The van der Waals surface area contributed by atoms with Crippen molar-refractivity contribution in [2.24, 2.45) is 0 Å². The van der Waals surface area contributed by atoms with Gasteiger partial charge in [-0.15, -0.1) is 11.6 Å². The van der Waals surface area contributed by atoms with Crippen molar-refractivity contribution >= 4 is 40.1 Å². The molecule has 1 aromatic carbocycles. The Kier molecular flexibility index (Phi) is 5.03. The Hall–Kier alpha value is -2.81. The Labute approximate surface area is 187 Å². The highest BCUT2D eigenvalue weighted by molar-refractivity contribution is 6.26. The second-order valence-electron chi connectivity index (χ2n) is 8.69. The van der Waals surface area contributed by atoms with Crippen LogP contribution in [0.2, 0.25) is 0 Å². The SMILES string of the molecule is C[C@H]1COc2c(N3C4CCC3CC(OC(=O)CCl)C4)c(F)cc3c(=O)c(C(=O)O)cn1c23. The van der Waals surface area contributed by atoms with E-state index >= 15 is 4.39 Å². The second kappa shape index (κ2) is 7.65. The molecule has 2 aromatic rings. The average Bonchev–Trinajstić information content (AvgIpc) is 3.00. The molecule has 2 bridgehead atoms. The number of carbonyl (C=O) groups is 2. The molecule has 10 heteroatoms. The smallest absolute Gasteiger partial charge is 0.341 e. The van der Waals surface area contributed by atoms with Gasteiger partial charge >= 0.3 is 11.9 Å². The van der Waals surface area contributed by atoms with Crippen LogP contribution in [-0.4, -0.2) is 52.3 Å². The predicted octanol–water partition coefficient (Wildman–Crippen LogP) is 3.07. The second-order valence-corrected chi connectivity index (χ2v) is 8.95. The fraction of sp³-hybridized carbons (Fsp3) is 0.500. The van der Waals surface area contributed by atoms with E-state index in [-0.39, 0.29) is 53.5 Å². The van der Waals surface area contributed by atoms with Gasteiger partial charge in [0.05, 0.1) is 16.9 Å². The molecule has 0 radical (unpaired) electrons. The summed E-state index contributed by atoms with van der Waals surface area (Å²) in [6, 6.07) is 0.803. The van der Waals surface area contributed by atoms with Gasteiger partial charge in [0.2, 0.25) is 5.43 Å². The van der Waals surface area contributed by atoms with Crippen molar-refractivity contribution in [1.82, 2.24) is 4.57 Å². The van der Waals surface area contributed by atoms with E-state index in [1.54, 1.807) is 4.57 Å². The molecular formula is C22H22ClFN2O6. The Bertz CT molecular complexity index is 1180. The third kappa shape index (κ3) is 3.13. The molecule has 3 aliphatic rings. The summed E-state index contributed by atoms with van der Waals surface area (Å²) in [5, 5.41) is 9.43. The minimum Gasteiger partial charge on any atom is -0.487 e. The molecule has 1 N–H and O–H groups in total. The third-order valence-corrected chi connectivity index (χ3v) is 6.95. The van der Waals surface area contributed by atoms with Gasteiger partial charge < -0.3 is 24.0 Å². The number of aromatic carboxylic acids is 1. The van der Waals surface area contributed by atoms with Crippen LogP contribution in [0.1, 0.15) is 49.0 Å². The van der Waals surface area contributed by atoms with Gasteiger partial charge in [-0.05, 0) is 25.8 Å². The lowest BCUT2D eigenvalue weighted by atomic mass is 9.97. The number of nitrogens with zero attached hydrogens (tertiary/aromatic N) is 2. The molecule has 0 spiro atoms. The zero-order chi connectivity index (χ0) is 22.7. The van der Waals surface area contributed by atoms with Gasteiger partial charge in [-0.3, -0.25) is 9.59 Å². The van der Waals surface area contributed by atoms with E-state index in [1.807, 2.05) is 11.8 Å². The van der Waals surface area contributed by atoms with Crippen molar-refractivity contribution in [3.05, 3.63) is 33.9 Å². The summed E-state index contributed by atoms with van der Waals surface area (Å²) in [7, 11) is 0. The quantitative estimate of drug-likeness (QED) is 0.548. The topological polar surface area (TPSA) is 98.1 Å². The minimum absolute atomic E-state index is 0.00836. The first-order valence-electron chi connectivity index (χ1n) is 10.6. The van der Waals surface area contributed by atoms with Crippen LogP contribution >= 0.6 is 11.6 Å². The fourth-order valence-corrected chi connectivity index (χ4v) is 5.47. The number of fused-ring (bicyclic) bond motifs is 2. The van der Waals surface area contributed by atoms with Crippen LogP contribution in [0.15, 0.2) is 17.1 Å². The Morgan fingerprint density at radius 1 is 1.31 bits per heavy atom. The summed E-state index contributed by atoms with van der Waals surface area (Å²) < 4.78 is 28.6. The molecule has 170 valence electrons. The monoisotopic (exact) mass is 464 g/mol. The van der Waals surface area contributed by atoms with Crippen molar-refractivity contribution in [3.63, 3.8) is 0 Å². The summed E-state index contributed by atoms with van der Waals surface area (Å²) >= 11 is 5.56. The molecule has 0 aliphatic carbocycles. The zero-order valence-corrected chi connectivity index (χ0v) is 18.1. The highest BCUT2D eigenvalue weighted by Crippen LogP contribution is 2.48. The van der Waals surface area contributed by atoms with E-state index < -0.39 is 28.7 Å². The van der Waals surface area contributed by atoms with E-state index in [9.17, 15) is 19.5 Å². The van der Waals surface area contributed by atoms with Crippen molar-refractivity contribution in [2.45, 2.75) is 56.8 Å². The maximum absolute atomic E-state index is 15.5. The van der Waals surface area contributed by atoms with Gasteiger partial charge in [0.25, 0.3) is 0 Å². The van der Waals surface area contributed by atoms with Crippen LogP contribution in [-0.2, 0) is 9.53 Å². The van der Waals surface area contributed by atoms with Crippen LogP contribution < -0.4 is 15.1 Å². The van der Waals surface area contributed by atoms with E-state index in [0.29, 0.717) is 18.4 Å². The van der Waals surface area contributed by atoms with Crippen molar-refractivity contribution in [2.75, 3.05) is 17.4 Å². The van der Waals surface area contributed by atoms with Crippen LogP contribution in [0.5, 0.6) is 5.75 Å². The standard InChI is InChI=1S/C22H22ClFN2O6/c1-10-9-31-21-18-14(20(28)15(22(29)30)8-25(10)18)6-16(24)19(21)26-11-2-3-12(26)5-13(4-11)32-17(27)7-23/h6,8,10-13H,2-5,7,9H2,1H3,(H,29,30)/t10-,11?,12?,13?/m0/s1. The van der Waals surface area contributed by atoms with Crippen molar-refractivity contribution < 1.29 is 28.6 Å². The molecule has 3 atom stereocenters. The molecule has 2 unspecified atom stereocenters. The van der Waals surface area contributed by atoms with E-state index in [0.717, 1.165) is 18.9 Å². The van der Waals surface area contributed by atoms with Gasteiger partial charge in [0.15, 0.2) is 11.6 Å². The van der Waals surface area contributed by atoms with Crippen LogP contribution in [0, 0.1) is 5.82 Å². The van der Waals surface area contributed by atoms with Crippen LogP contribution in [0.3, 0.4) is 0 Å². The van der Waals surface area contributed by atoms with Gasteiger partial charge in [-0.2, -0.15) is 0 Å². The molecule has 4 heterocycles. The average molecular weight is 465 g/mol. The fourth-order valence-electron chi connectivity index (χ4n) is 5.41. The number of carboxylic acid groups (broad SMARTS) is 1. The first kappa shape index (κ1) is 21.1. The van der Waals surface area contributed by atoms with Crippen LogP contribution in [0.4, 0.5) is 10.1 Å². The van der Waals surface area contributed by atoms with Gasteiger partial charge in [-0.1, -0.05) is 0 Å². The first-order chi connectivity index (χ1) is 15.3. The number of pyridine rings is 1. The van der Waals surface area contributed by atoms with Crippen molar-refractivity contribution in [3.8, 4) is 5.75 Å². The molecule has 0 saturated carbocycles. The Morgan fingerprint density at radius 3 is 2.62 bits per heavy atom. The number of carboxylic acids is 1. The highest BCUT2D eigenvalue weighted by atomic mass is 35.5. The van der Waals surface area contributed by atoms with Crippen molar-refractivity contribution in [1.29, 1.82) is 0 Å². The maximum Gasteiger partial charge on any atom is 0.341 e. The molecular weight excluding hydrogens is 443 g/mol. The van der Waals surface area contributed by atoms with Crippen LogP contribution in [0.25, 0.3) is 10.9 Å². The number of aromatic nitrogens is 1. The van der Waals surface area contributed by atoms with E-state index in [2.05, 4.69) is 0 Å². The number of halogens is 2. The number of esters is 1. The summed E-state index contributed by atoms with van der Waals surface area (Å²) in [5.74, 6) is -2.38. The molecule has 8 nitrogen and oxygen atoms in total. The summed E-state index contributed by atoms with van der Waals surface area (Å²) in [5.41, 5.74) is -0.436. The Balaban J connectivity index is 1.64. The molecule has 32 heavy (non-hydrogen) atoms. The minimum atomic E-state index is -1.35. The normalized spacial score (nSPS) is 26.2. The number of rotatable bonds is 4. The number of ether oxygens (including phenoxy) is 2. The van der Waals surface area contributed by atoms with Gasteiger partial charge in [-0.25, -0.2) is 9.18 Å². The number of piperidine rings is 1. The first-order valence-corrected chi connectivity index (χ1v) is 11.1. The molecule has 2 fully saturated rings. The highest BCUT2D eigenvalue weighted by Gasteiger charge is 2.45. The van der Waals surface area contributed by atoms with Gasteiger partial charge in [0.1, 0.15) is 29.8 Å². The summed E-state index contributed by atoms with van der Waals surface area (Å²) in [4.78, 5) is 38.0. The number of benzene rings is 1. The van der Waals surface area contributed by atoms with E-state index in [1.165, 1.54) is 6.20 Å². The number of hydrogen-bond donors (Lipinski definition) is 1. The molecule has 0 amide bonds.